The third kappa shape index (κ3) is 4.44. The van der Waals surface area contributed by atoms with E-state index in [0.717, 1.165) is 18.1 Å². The van der Waals surface area contributed by atoms with E-state index in [4.69, 9.17) is 4.52 Å². The van der Waals surface area contributed by atoms with Crippen LogP contribution in [0.4, 0.5) is 0 Å². The smallest absolute Gasteiger partial charge is 0.123 e. The molecule has 0 fully saturated rings. The average Bonchev–Trinajstić information content (AvgIpc) is 2.57. The maximum atomic E-state index is 6.29. The summed E-state index contributed by atoms with van der Waals surface area (Å²) < 4.78 is 6.29. The lowest BCUT2D eigenvalue weighted by atomic mass is 10.2. The van der Waals surface area contributed by atoms with Gasteiger partial charge >= 0.3 is 0 Å². The molecule has 0 unspecified atom stereocenters. The Morgan fingerprint density at radius 3 is 1.41 bits per heavy atom. The molecule has 0 atom stereocenters. The van der Waals surface area contributed by atoms with E-state index in [0.29, 0.717) is 0 Å². The van der Waals surface area contributed by atoms with Gasteiger partial charge in [0.15, 0.2) is 0 Å². The lowest BCUT2D eigenvalue weighted by Gasteiger charge is -2.19. The van der Waals surface area contributed by atoms with Crippen LogP contribution >= 0.6 is 8.15 Å². The molecule has 2 heteroatoms. The Bertz CT molecular complexity index is 569. The Hall–Kier alpha value is -2.11. The highest BCUT2D eigenvalue weighted by Gasteiger charge is 2.13. The largest absolute Gasteiger partial charge is 0.473 e. The zero-order valence-corrected chi connectivity index (χ0v) is 13.3. The molecule has 0 aliphatic rings. The number of rotatable bonds is 6. The van der Waals surface area contributed by atoms with Gasteiger partial charge < -0.3 is 4.52 Å². The molecule has 3 rings (SSSR count). The molecule has 0 amide bonds. The summed E-state index contributed by atoms with van der Waals surface area (Å²) in [6.45, 7) is 0. The van der Waals surface area contributed by atoms with E-state index < -0.39 is 8.15 Å². The van der Waals surface area contributed by atoms with Crippen LogP contribution in [-0.2, 0) is 12.3 Å². The van der Waals surface area contributed by atoms with Crippen LogP contribution in [-0.4, -0.2) is 0 Å². The fourth-order valence-electron chi connectivity index (χ4n) is 2.32. The number of para-hydroxylation sites is 1. The first-order valence-corrected chi connectivity index (χ1v) is 9.09. The van der Waals surface area contributed by atoms with Gasteiger partial charge in [0.2, 0.25) is 0 Å². The van der Waals surface area contributed by atoms with E-state index in [1.54, 1.807) is 0 Å². The Morgan fingerprint density at radius 1 is 0.545 bits per heavy atom. The van der Waals surface area contributed by atoms with Crippen LogP contribution in [0.15, 0.2) is 91.0 Å². The summed E-state index contributed by atoms with van der Waals surface area (Å²) in [4.78, 5) is 0. The van der Waals surface area contributed by atoms with Gasteiger partial charge in [0.25, 0.3) is 0 Å². The second-order valence-corrected chi connectivity index (χ2v) is 6.95. The van der Waals surface area contributed by atoms with Crippen LogP contribution < -0.4 is 4.52 Å². The SMILES string of the molecule is c1ccc(CP(Cc2ccccc2)Oc2ccccc2)cc1. The van der Waals surface area contributed by atoms with Crippen molar-refractivity contribution in [2.24, 2.45) is 0 Å². The van der Waals surface area contributed by atoms with Crippen molar-refractivity contribution in [3.05, 3.63) is 102 Å². The summed E-state index contributed by atoms with van der Waals surface area (Å²) in [5.74, 6) is 0.959. The van der Waals surface area contributed by atoms with Gasteiger partial charge in [0, 0.05) is 12.3 Å². The monoisotopic (exact) mass is 306 g/mol. The van der Waals surface area contributed by atoms with Gasteiger partial charge in [-0.1, -0.05) is 78.9 Å². The summed E-state index contributed by atoms with van der Waals surface area (Å²) >= 11 is 0. The molecule has 3 aromatic rings. The van der Waals surface area contributed by atoms with E-state index in [9.17, 15) is 0 Å². The van der Waals surface area contributed by atoms with Crippen LogP contribution in [0.5, 0.6) is 5.75 Å². The van der Waals surface area contributed by atoms with Crippen LogP contribution in [0.25, 0.3) is 0 Å². The maximum Gasteiger partial charge on any atom is 0.123 e. The van der Waals surface area contributed by atoms with E-state index in [-0.39, 0.29) is 0 Å². The zero-order valence-electron chi connectivity index (χ0n) is 12.4. The topological polar surface area (TPSA) is 9.23 Å². The maximum absolute atomic E-state index is 6.29. The lowest BCUT2D eigenvalue weighted by molar-refractivity contribution is 0.610. The minimum absolute atomic E-state index is 0.590. The third-order valence-electron chi connectivity index (χ3n) is 3.38. The fourth-order valence-corrected chi connectivity index (χ4v) is 4.22. The predicted octanol–water partition coefficient (Wildman–Crippen LogP) is 5.86. The number of hydrogen-bond donors (Lipinski definition) is 0. The second-order valence-electron chi connectivity index (χ2n) is 5.17. The highest BCUT2D eigenvalue weighted by molar-refractivity contribution is 7.51. The summed E-state index contributed by atoms with van der Waals surface area (Å²) in [6.07, 6.45) is 1.94. The minimum Gasteiger partial charge on any atom is -0.473 e. The van der Waals surface area contributed by atoms with E-state index >= 15 is 0 Å². The molecular weight excluding hydrogens is 287 g/mol. The van der Waals surface area contributed by atoms with Crippen molar-refractivity contribution in [2.45, 2.75) is 12.3 Å². The molecule has 0 radical (unpaired) electrons. The Labute approximate surface area is 133 Å². The standard InChI is InChI=1S/C20H19OP/c1-4-10-18(11-5-1)16-22(17-19-12-6-2-7-13-19)21-20-14-8-3-9-15-20/h1-15H,16-17H2. The van der Waals surface area contributed by atoms with Crippen molar-refractivity contribution < 1.29 is 4.52 Å². The zero-order chi connectivity index (χ0) is 15.0. The van der Waals surface area contributed by atoms with Gasteiger partial charge in [-0.15, -0.1) is 0 Å². The predicted molar refractivity (Wildman–Crippen MR) is 94.3 cm³/mol. The minimum atomic E-state index is -0.590. The van der Waals surface area contributed by atoms with E-state index in [1.807, 2.05) is 30.3 Å². The molecule has 110 valence electrons. The normalized spacial score (nSPS) is 10.6. The molecule has 0 N–H and O–H groups in total. The molecule has 0 saturated carbocycles. The molecule has 0 heterocycles. The number of hydrogen-bond acceptors (Lipinski definition) is 1. The highest BCUT2D eigenvalue weighted by Crippen LogP contribution is 2.44. The van der Waals surface area contributed by atoms with Gasteiger partial charge in [-0.05, 0) is 23.3 Å². The molecule has 0 saturated heterocycles. The van der Waals surface area contributed by atoms with Gasteiger partial charge in [0.05, 0.1) is 8.15 Å². The molecule has 22 heavy (non-hydrogen) atoms. The van der Waals surface area contributed by atoms with Crippen LogP contribution in [0.3, 0.4) is 0 Å². The van der Waals surface area contributed by atoms with E-state index in [2.05, 4.69) is 60.7 Å². The van der Waals surface area contributed by atoms with Gasteiger partial charge in [-0.3, -0.25) is 0 Å². The summed E-state index contributed by atoms with van der Waals surface area (Å²) in [5.41, 5.74) is 2.67. The quantitative estimate of drug-likeness (QED) is 0.518. The average molecular weight is 306 g/mol. The molecule has 0 aliphatic heterocycles. The summed E-state index contributed by atoms with van der Waals surface area (Å²) in [5, 5.41) is 0. The molecular formula is C20H19OP. The van der Waals surface area contributed by atoms with Crippen molar-refractivity contribution >= 4 is 8.15 Å². The first-order chi connectivity index (χ1) is 10.9. The van der Waals surface area contributed by atoms with Crippen LogP contribution in [0.1, 0.15) is 11.1 Å². The fraction of sp³-hybridized carbons (Fsp3) is 0.100. The van der Waals surface area contributed by atoms with Crippen molar-refractivity contribution in [2.75, 3.05) is 0 Å². The van der Waals surface area contributed by atoms with Crippen LogP contribution in [0.2, 0.25) is 0 Å². The lowest BCUT2D eigenvalue weighted by Crippen LogP contribution is -1.96. The van der Waals surface area contributed by atoms with Gasteiger partial charge in [-0.25, -0.2) is 0 Å². The summed E-state index contributed by atoms with van der Waals surface area (Å²) in [6, 6.07) is 31.3. The first-order valence-electron chi connectivity index (χ1n) is 7.46. The number of benzene rings is 3. The van der Waals surface area contributed by atoms with Crippen LogP contribution in [0, 0.1) is 0 Å². The molecule has 0 aromatic heterocycles. The molecule has 0 aliphatic carbocycles. The first kappa shape index (κ1) is 14.8. The van der Waals surface area contributed by atoms with Gasteiger partial charge in [-0.2, -0.15) is 0 Å². The second kappa shape index (κ2) is 7.77. The molecule has 0 spiro atoms. The third-order valence-corrected chi connectivity index (χ3v) is 5.29. The van der Waals surface area contributed by atoms with Gasteiger partial charge in [0.1, 0.15) is 5.75 Å². The highest BCUT2D eigenvalue weighted by atomic mass is 31.1. The Morgan fingerprint density at radius 2 is 0.955 bits per heavy atom. The Kier molecular flexibility index (Phi) is 5.23. The van der Waals surface area contributed by atoms with Crippen molar-refractivity contribution in [3.63, 3.8) is 0 Å². The summed E-state index contributed by atoms with van der Waals surface area (Å²) in [7, 11) is -0.590. The molecule has 3 aromatic carbocycles. The molecule has 1 nitrogen and oxygen atoms in total. The molecule has 0 bridgehead atoms. The Balaban J connectivity index is 1.75. The van der Waals surface area contributed by atoms with Crippen molar-refractivity contribution in [1.29, 1.82) is 0 Å². The van der Waals surface area contributed by atoms with Crippen molar-refractivity contribution in [1.82, 2.24) is 0 Å². The van der Waals surface area contributed by atoms with Crippen molar-refractivity contribution in [3.8, 4) is 5.75 Å². The van der Waals surface area contributed by atoms with E-state index in [1.165, 1.54) is 11.1 Å².